The highest BCUT2D eigenvalue weighted by atomic mass is 16.3. The first kappa shape index (κ1) is 24.9. The maximum absolute atomic E-state index is 9.32. The molecule has 0 N–H and O–H groups in total. The van der Waals surface area contributed by atoms with Crippen LogP contribution >= 0.6 is 0 Å². The van der Waals surface area contributed by atoms with Gasteiger partial charge in [0.25, 0.3) is 0 Å². The van der Waals surface area contributed by atoms with Crippen molar-refractivity contribution in [3.63, 3.8) is 0 Å². The molecule has 0 saturated carbocycles. The van der Waals surface area contributed by atoms with E-state index in [2.05, 4.69) is 38.2 Å². The van der Waals surface area contributed by atoms with Crippen molar-refractivity contribution in [2.45, 2.75) is 14.2 Å². The predicted molar refractivity (Wildman–Crippen MR) is 323 cm³/mol. The summed E-state index contributed by atoms with van der Waals surface area (Å²) >= 11 is 0. The van der Waals surface area contributed by atoms with Crippen molar-refractivity contribution in [1.29, 1.82) is 0 Å². The maximum Gasteiger partial charge on any atom is 0.136 e. The van der Waals surface area contributed by atoms with E-state index in [1.165, 1.54) is 6.82 Å². The number of rotatable bonds is 4. The lowest BCUT2D eigenvalue weighted by molar-refractivity contribution is 0.669. The topological polar surface area (TPSA) is 13.1 Å². The summed E-state index contributed by atoms with van der Waals surface area (Å²) < 4.78 is 242. The second kappa shape index (κ2) is 19.4. The fourth-order valence-corrected chi connectivity index (χ4v) is 9.81. The molecule has 0 aliphatic heterocycles. The van der Waals surface area contributed by atoms with Crippen molar-refractivity contribution < 1.29 is 41.4 Å². The highest BCUT2D eigenvalue weighted by molar-refractivity contribution is 6.27. The molecule has 0 aliphatic carbocycles. The van der Waals surface area contributed by atoms with E-state index in [0.717, 1.165) is 65.4 Å². The SMILES string of the molecule is C.[2H]c1c([2H])c([2H])c(-c2c3ccccc3c(-c3cccc4oc5cc6ccccc6cc5c34)c3ccccc23)c([2H])c1[2H].[2H]c1c([2H])c([2H])c2c([2H])c(-c3c4c([2H])c([2H])c([2H])c([2H])c4c(-c4c([2H])c([2H])c([2H])c5c([2H])c([2H])c([2H])c([2H])c45)c4c([2H])c([2H])c([2H])c([2H])c34)c([2H])c([2H])c2c1[2H].[B]C. The van der Waals surface area contributed by atoms with E-state index >= 15 is 0 Å². The molecule has 15 rings (SSSR count). The molecular formula is C72H51BO. The van der Waals surface area contributed by atoms with Crippen molar-refractivity contribution in [3.8, 4) is 44.5 Å². The molecule has 0 saturated heterocycles. The minimum Gasteiger partial charge on any atom is -0.456 e. The Morgan fingerprint density at radius 1 is 0.311 bits per heavy atom. The Kier molecular flexibility index (Phi) is 6.54. The number of furan rings is 1. The predicted octanol–water partition coefficient (Wildman–Crippen LogP) is 20.9. The first-order chi connectivity index (χ1) is 47.5. The van der Waals surface area contributed by atoms with Crippen molar-refractivity contribution in [2.75, 3.05) is 0 Å². The van der Waals surface area contributed by atoms with Crippen molar-refractivity contribution >= 4 is 105 Å². The van der Waals surface area contributed by atoms with Gasteiger partial charge in [-0.25, -0.2) is 0 Å². The third-order valence-corrected chi connectivity index (χ3v) is 12.8. The molecule has 14 aromatic carbocycles. The largest absolute Gasteiger partial charge is 0.456 e. The summed E-state index contributed by atoms with van der Waals surface area (Å²) in [5.74, 6) is 0. The van der Waals surface area contributed by atoms with E-state index in [1.807, 2.05) is 72.8 Å². The van der Waals surface area contributed by atoms with Gasteiger partial charge in [-0.05, 0) is 144 Å². The lowest BCUT2D eigenvalue weighted by Gasteiger charge is -2.19. The van der Waals surface area contributed by atoms with Gasteiger partial charge in [0.1, 0.15) is 11.2 Å². The molecular weight excluding hydrogens is 892 g/mol. The number of fused-ring (bicyclic) bond motifs is 10. The van der Waals surface area contributed by atoms with Crippen LogP contribution in [-0.4, -0.2) is 7.85 Å². The van der Waals surface area contributed by atoms with E-state index in [-0.39, 0.29) is 37.2 Å². The van der Waals surface area contributed by atoms with Crippen molar-refractivity contribution in [3.05, 3.63) is 266 Å². The van der Waals surface area contributed by atoms with Crippen LogP contribution in [0.1, 0.15) is 44.4 Å². The Hall–Kier alpha value is -9.24. The molecule has 348 valence electrons. The molecule has 0 unspecified atom stereocenters. The van der Waals surface area contributed by atoms with Crippen LogP contribution in [0.3, 0.4) is 0 Å². The molecule has 15 aromatic rings. The minimum absolute atomic E-state index is 0. The van der Waals surface area contributed by atoms with Gasteiger partial charge in [-0.15, -0.1) is 0 Å². The Morgan fingerprint density at radius 3 is 1.45 bits per heavy atom. The van der Waals surface area contributed by atoms with Crippen molar-refractivity contribution in [1.82, 2.24) is 0 Å². The molecule has 1 heterocycles. The molecule has 0 fully saturated rings. The summed E-state index contributed by atoms with van der Waals surface area (Å²) in [6, 6.07) is 14.1. The van der Waals surface area contributed by atoms with E-state index in [0.29, 0.717) is 5.56 Å². The minimum atomic E-state index is -0.915. The van der Waals surface area contributed by atoms with Crippen LogP contribution in [-0.2, 0) is 0 Å². The summed E-state index contributed by atoms with van der Waals surface area (Å²) in [4.78, 5) is 0. The lowest BCUT2D eigenvalue weighted by Crippen LogP contribution is -1.91. The van der Waals surface area contributed by atoms with Crippen LogP contribution in [0.15, 0.2) is 271 Å². The number of benzene rings is 14. The van der Waals surface area contributed by atoms with Gasteiger partial charge in [-0.3, -0.25) is 0 Å². The fourth-order valence-electron chi connectivity index (χ4n) is 9.81. The molecule has 2 radical (unpaired) electrons. The van der Waals surface area contributed by atoms with Crippen LogP contribution in [0.4, 0.5) is 0 Å². The normalized spacial score (nSPS) is 16.4. The summed E-state index contributed by atoms with van der Waals surface area (Å²) in [7, 11) is 4.50. The highest BCUT2D eigenvalue weighted by Gasteiger charge is 2.21. The molecule has 0 spiro atoms. The van der Waals surface area contributed by atoms with Crippen LogP contribution < -0.4 is 0 Å². The second-order valence-corrected chi connectivity index (χ2v) is 16.6. The van der Waals surface area contributed by atoms with Gasteiger partial charge in [0.15, 0.2) is 0 Å². The Labute approximate surface area is 470 Å². The average molecular weight is 970 g/mol. The molecule has 0 amide bonds. The van der Waals surface area contributed by atoms with Gasteiger partial charge < -0.3 is 4.42 Å². The van der Waals surface area contributed by atoms with Gasteiger partial charge >= 0.3 is 0 Å². The summed E-state index contributed by atoms with van der Waals surface area (Å²) in [5.41, 5.74) is 1.90. The molecule has 74 heavy (non-hydrogen) atoms. The fraction of sp³-hybridized carbons (Fsp3) is 0.0278. The van der Waals surface area contributed by atoms with Gasteiger partial charge in [-0.2, -0.15) is 0 Å². The summed E-state index contributed by atoms with van der Waals surface area (Å²) in [5, 5.41) is 3.01. The zero-order valence-electron chi connectivity index (χ0n) is 65.3. The zero-order chi connectivity index (χ0) is 72.3. The second-order valence-electron chi connectivity index (χ2n) is 16.6. The molecule has 1 nitrogen and oxygen atoms in total. The third kappa shape index (κ3) is 7.66. The quantitative estimate of drug-likeness (QED) is 0.127. The van der Waals surface area contributed by atoms with E-state index in [4.69, 9.17) is 34.6 Å². The highest BCUT2D eigenvalue weighted by Crippen LogP contribution is 2.48. The number of hydrogen-bond donors (Lipinski definition) is 0. The number of hydrogen-bond acceptors (Lipinski definition) is 1. The smallest absolute Gasteiger partial charge is 0.136 e. The van der Waals surface area contributed by atoms with E-state index < -0.39 is 204 Å². The van der Waals surface area contributed by atoms with Gasteiger partial charge in [0.2, 0.25) is 0 Å². The molecule has 2 heteroatoms. The first-order valence-corrected chi connectivity index (χ1v) is 22.9. The third-order valence-electron chi connectivity index (χ3n) is 12.8. The monoisotopic (exact) mass is 970 g/mol. The lowest BCUT2D eigenvalue weighted by atomic mass is 9.84. The zero-order valence-corrected chi connectivity index (χ0v) is 38.3. The summed E-state index contributed by atoms with van der Waals surface area (Å²) in [6.07, 6.45) is 0. The van der Waals surface area contributed by atoms with E-state index in [9.17, 15) is 6.85 Å². The average Bonchev–Trinajstić information content (AvgIpc) is 1.06. The standard InChI is InChI=1S/C36H22O.C34H22.CH3B.CH4/c1-2-11-23(12-3-1)34-26-15-6-8-17-28(26)35(29-18-9-7-16-27(29)34)30-19-10-20-32-36(30)31-21-24-13-4-5-14-25(24)22-33(31)37-32;1-2-12-25-22-26(21-20-23(25)10-1)33-29-15-5-7-17-31(29)34(32-18-8-6-16-30(32)33)28-19-9-13-24-11-3-4-14-27(24)28;1-2;/h1-22H;1-22H;1H3;1H4/i1D,2D,3D,11D,12D;1D,2D,3D,4D,5D,6D,7D,8D,9D,10D,11D,12D,13D,14D,15D,16D,17D,18D,19D,20D,21D,22D;;. The first-order valence-electron chi connectivity index (χ1n) is 36.4. The van der Waals surface area contributed by atoms with Crippen LogP contribution in [0.5, 0.6) is 0 Å². The Morgan fingerprint density at radius 2 is 0.797 bits per heavy atom. The molecule has 0 atom stereocenters. The Balaban J connectivity index is 0.000000191. The van der Waals surface area contributed by atoms with Gasteiger partial charge in [0.05, 0.1) is 44.9 Å². The molecule has 1 aromatic heterocycles. The maximum atomic E-state index is 9.32. The van der Waals surface area contributed by atoms with Crippen LogP contribution in [0.2, 0.25) is 6.82 Å². The van der Waals surface area contributed by atoms with Gasteiger partial charge in [-0.1, -0.05) is 256 Å². The summed E-state index contributed by atoms with van der Waals surface area (Å²) in [6.45, 7) is 1.50. The van der Waals surface area contributed by atoms with Crippen LogP contribution in [0.25, 0.3) is 142 Å². The van der Waals surface area contributed by atoms with E-state index in [1.54, 1.807) is 0 Å². The molecule has 0 bridgehead atoms. The van der Waals surface area contributed by atoms with Crippen LogP contribution in [0, 0.1) is 0 Å². The van der Waals surface area contributed by atoms with Crippen molar-refractivity contribution in [2.24, 2.45) is 0 Å². The Bertz CT molecular complexity index is 6050. The molecule has 0 aliphatic rings. The van der Waals surface area contributed by atoms with Gasteiger partial charge in [0, 0.05) is 10.8 Å².